The summed E-state index contributed by atoms with van der Waals surface area (Å²) in [6.45, 7) is 0. The Labute approximate surface area is 372 Å². The van der Waals surface area contributed by atoms with Gasteiger partial charge in [0, 0.05) is 54.5 Å². The Morgan fingerprint density at radius 3 is 1.12 bits per heavy atom. The molecule has 1 aliphatic carbocycles. The van der Waals surface area contributed by atoms with E-state index < -0.39 is 5.41 Å². The van der Waals surface area contributed by atoms with Crippen molar-refractivity contribution in [2.45, 2.75) is 5.41 Å². The Morgan fingerprint density at radius 2 is 0.662 bits per heavy atom. The molecule has 0 saturated carbocycles. The molecule has 0 aliphatic heterocycles. The zero-order chi connectivity index (χ0) is 42.4. The number of para-hydroxylation sites is 4. The van der Waals surface area contributed by atoms with Crippen molar-refractivity contribution in [3.63, 3.8) is 0 Å². The zero-order valence-electron chi connectivity index (χ0n) is 35.0. The van der Waals surface area contributed by atoms with E-state index in [1.807, 2.05) is 12.1 Å². The first-order chi connectivity index (χ1) is 32.3. The fraction of sp³-hybridized carbons (Fsp3) is 0.0164. The van der Waals surface area contributed by atoms with Gasteiger partial charge in [-0.1, -0.05) is 158 Å². The molecule has 0 amide bonds. The molecule has 4 nitrogen and oxygen atoms in total. The van der Waals surface area contributed by atoms with Crippen LogP contribution in [0, 0.1) is 0 Å². The summed E-state index contributed by atoms with van der Waals surface area (Å²) >= 11 is 0. The molecule has 0 unspecified atom stereocenters. The van der Waals surface area contributed by atoms with Crippen molar-refractivity contribution in [1.82, 2.24) is 9.13 Å². The van der Waals surface area contributed by atoms with Crippen LogP contribution in [0.5, 0.6) is 0 Å². The minimum atomic E-state index is -0.579. The molecule has 4 heterocycles. The second kappa shape index (κ2) is 12.7. The van der Waals surface area contributed by atoms with Crippen LogP contribution < -0.4 is 0 Å². The lowest BCUT2D eigenvalue weighted by Gasteiger charge is -2.34. The van der Waals surface area contributed by atoms with Crippen molar-refractivity contribution in [3.8, 4) is 22.5 Å². The third kappa shape index (κ3) is 4.50. The lowest BCUT2D eigenvalue weighted by molar-refractivity contribution is 0.670. The van der Waals surface area contributed by atoms with Gasteiger partial charge < -0.3 is 18.0 Å². The number of aromatic nitrogens is 2. The van der Waals surface area contributed by atoms with E-state index >= 15 is 0 Å². The normalized spacial score (nSPS) is 13.4. The average Bonchev–Trinajstić information content (AvgIpc) is 4.17. The summed E-state index contributed by atoms with van der Waals surface area (Å²) in [6.07, 6.45) is 0. The maximum absolute atomic E-state index is 6.71. The lowest BCUT2D eigenvalue weighted by atomic mass is 9.67. The van der Waals surface area contributed by atoms with Gasteiger partial charge in [-0.3, -0.25) is 0 Å². The summed E-state index contributed by atoms with van der Waals surface area (Å²) in [5, 5.41) is 9.26. The summed E-state index contributed by atoms with van der Waals surface area (Å²) in [6, 6.07) is 79.6. The molecule has 1 aliphatic rings. The summed E-state index contributed by atoms with van der Waals surface area (Å²) in [4.78, 5) is 0. The van der Waals surface area contributed by atoms with Gasteiger partial charge in [0.1, 0.15) is 11.2 Å². The molecule has 0 fully saturated rings. The minimum absolute atomic E-state index is 0.579. The lowest BCUT2D eigenvalue weighted by Crippen LogP contribution is -2.28. The Morgan fingerprint density at radius 1 is 0.292 bits per heavy atom. The third-order valence-electron chi connectivity index (χ3n) is 14.4. The maximum Gasteiger partial charge on any atom is 0.160 e. The van der Waals surface area contributed by atoms with E-state index in [4.69, 9.17) is 8.83 Å². The van der Waals surface area contributed by atoms with Crippen molar-refractivity contribution in [1.29, 1.82) is 0 Å². The molecule has 302 valence electrons. The van der Waals surface area contributed by atoms with Gasteiger partial charge in [0.15, 0.2) is 11.2 Å². The summed E-state index contributed by atoms with van der Waals surface area (Å²) < 4.78 is 18.2. The van der Waals surface area contributed by atoms with Crippen LogP contribution in [0.3, 0.4) is 0 Å². The molecule has 0 bridgehead atoms. The molecule has 4 heteroatoms. The topological polar surface area (TPSA) is 36.1 Å². The van der Waals surface area contributed by atoms with Crippen molar-refractivity contribution in [3.05, 3.63) is 241 Å². The number of hydrogen-bond acceptors (Lipinski definition) is 2. The number of nitrogens with zero attached hydrogens (tertiary/aromatic N) is 2. The summed E-state index contributed by atoms with van der Waals surface area (Å²) in [5.74, 6) is 0. The van der Waals surface area contributed by atoms with Crippen molar-refractivity contribution < 1.29 is 8.83 Å². The van der Waals surface area contributed by atoms with Gasteiger partial charge in [-0.15, -0.1) is 0 Å². The average molecular weight is 829 g/mol. The van der Waals surface area contributed by atoms with E-state index in [1.54, 1.807) is 0 Å². The highest BCUT2D eigenvalue weighted by atomic mass is 16.3. The van der Waals surface area contributed by atoms with E-state index in [2.05, 4.69) is 215 Å². The van der Waals surface area contributed by atoms with Crippen LogP contribution in [-0.4, -0.2) is 9.13 Å². The van der Waals surface area contributed by atoms with Crippen molar-refractivity contribution in [2.75, 3.05) is 0 Å². The number of furan rings is 2. The second-order valence-corrected chi connectivity index (χ2v) is 17.5. The fourth-order valence-corrected chi connectivity index (χ4v) is 11.7. The minimum Gasteiger partial charge on any atom is -0.454 e. The van der Waals surface area contributed by atoms with Crippen LogP contribution in [0.15, 0.2) is 227 Å². The van der Waals surface area contributed by atoms with Gasteiger partial charge >= 0.3 is 0 Å². The molecule has 14 aromatic rings. The highest BCUT2D eigenvalue weighted by Crippen LogP contribution is 2.56. The maximum atomic E-state index is 6.71. The van der Waals surface area contributed by atoms with Crippen LogP contribution in [-0.2, 0) is 5.41 Å². The Hall–Kier alpha value is -8.60. The second-order valence-electron chi connectivity index (χ2n) is 17.5. The van der Waals surface area contributed by atoms with Gasteiger partial charge in [0.2, 0.25) is 0 Å². The smallest absolute Gasteiger partial charge is 0.160 e. The number of fused-ring (bicyclic) bond motifs is 17. The molecule has 65 heavy (non-hydrogen) atoms. The van der Waals surface area contributed by atoms with E-state index in [9.17, 15) is 0 Å². The summed E-state index contributed by atoms with van der Waals surface area (Å²) in [5.41, 5.74) is 17.2. The largest absolute Gasteiger partial charge is 0.454 e. The van der Waals surface area contributed by atoms with Crippen LogP contribution >= 0.6 is 0 Å². The fourth-order valence-electron chi connectivity index (χ4n) is 11.7. The molecule has 15 rings (SSSR count). The first kappa shape index (κ1) is 34.9. The van der Waals surface area contributed by atoms with E-state index in [0.717, 1.165) is 77.3 Å². The Kier molecular flexibility index (Phi) is 6.85. The quantitative estimate of drug-likeness (QED) is 0.177. The molecule has 0 spiro atoms. The zero-order valence-corrected chi connectivity index (χ0v) is 35.0. The summed E-state index contributed by atoms with van der Waals surface area (Å²) in [7, 11) is 0. The molecule has 0 radical (unpaired) electrons. The van der Waals surface area contributed by atoms with E-state index in [0.29, 0.717) is 0 Å². The number of benzene rings is 10. The molecule has 0 atom stereocenters. The first-order valence-electron chi connectivity index (χ1n) is 22.3. The highest BCUT2D eigenvalue weighted by Gasteiger charge is 2.46. The van der Waals surface area contributed by atoms with Crippen molar-refractivity contribution >= 4 is 87.5 Å². The molecule has 4 aromatic heterocycles. The van der Waals surface area contributed by atoms with Gasteiger partial charge in [-0.05, 0) is 94.0 Å². The third-order valence-corrected chi connectivity index (χ3v) is 14.4. The van der Waals surface area contributed by atoms with Gasteiger partial charge in [-0.25, -0.2) is 0 Å². The molecule has 0 saturated heterocycles. The predicted molar refractivity (Wildman–Crippen MR) is 267 cm³/mol. The van der Waals surface area contributed by atoms with Gasteiger partial charge in [0.05, 0.1) is 27.5 Å². The van der Waals surface area contributed by atoms with Crippen molar-refractivity contribution in [2.24, 2.45) is 0 Å². The Balaban J connectivity index is 0.956. The first-order valence-corrected chi connectivity index (χ1v) is 22.3. The van der Waals surface area contributed by atoms with E-state index in [-0.39, 0.29) is 0 Å². The number of hydrogen-bond donors (Lipinski definition) is 0. The van der Waals surface area contributed by atoms with Crippen LogP contribution in [0.4, 0.5) is 0 Å². The van der Waals surface area contributed by atoms with Gasteiger partial charge in [0.25, 0.3) is 0 Å². The van der Waals surface area contributed by atoms with E-state index in [1.165, 1.54) is 54.9 Å². The predicted octanol–water partition coefficient (Wildman–Crippen LogP) is 16.0. The molecule has 0 N–H and O–H groups in total. The number of rotatable bonds is 4. The molecular weight excluding hydrogens is 793 g/mol. The Bertz CT molecular complexity index is 4010. The monoisotopic (exact) mass is 828 g/mol. The van der Waals surface area contributed by atoms with Crippen LogP contribution in [0.1, 0.15) is 22.3 Å². The highest BCUT2D eigenvalue weighted by molar-refractivity contribution is 6.23. The van der Waals surface area contributed by atoms with Crippen LogP contribution in [0.25, 0.3) is 110 Å². The molecular formula is C61H36N2O2. The van der Waals surface area contributed by atoms with Gasteiger partial charge in [-0.2, -0.15) is 0 Å². The van der Waals surface area contributed by atoms with Crippen LogP contribution in [0.2, 0.25) is 0 Å². The SMILES string of the molecule is c1ccc2c(c1)-c1ccccc1C2(c1ccc(-n2c3ccccc3c3ccc4c5ccccc5oc4c32)cc1)c1ccc(-n2c3ccccc3c3ccc4c5ccccc5oc4c32)cc1. The molecule has 10 aromatic carbocycles. The standard InChI is InChI=1S/C61H36N2O2/c1-7-19-51-41(13-1)42-14-2-8-20-52(42)61(51,37-25-29-39(30-26-37)62-53-21-9-3-15-43(53)47-33-35-49-45-17-5-11-23-55(45)64-59(49)57(47)62)38-27-31-40(32-28-38)63-54-22-10-4-16-44(54)48-34-36-50-46-18-6-12-24-56(46)65-60(50)58(48)63/h1-36H.